The lowest BCUT2D eigenvalue weighted by Gasteiger charge is -2.10. The van der Waals surface area contributed by atoms with Crippen molar-refractivity contribution in [2.75, 3.05) is 6.67 Å². The van der Waals surface area contributed by atoms with E-state index in [0.717, 1.165) is 22.4 Å². The number of aryl methyl sites for hydroxylation is 2. The highest BCUT2D eigenvalue weighted by atomic mass is 32.1. The number of hydrogen-bond donors (Lipinski definition) is 0. The van der Waals surface area contributed by atoms with Crippen molar-refractivity contribution in [1.29, 1.82) is 0 Å². The minimum Gasteiger partial charge on any atom is -0.293 e. The molecule has 0 N–H and O–H groups in total. The lowest BCUT2D eigenvalue weighted by Crippen LogP contribution is -2.26. The summed E-state index contributed by atoms with van der Waals surface area (Å²) in [4.78, 5) is 18.3. The molecule has 0 aliphatic rings. The van der Waals surface area contributed by atoms with Crippen molar-refractivity contribution in [2.45, 2.75) is 33.2 Å². The van der Waals surface area contributed by atoms with Crippen LogP contribution in [0.4, 0.5) is 4.39 Å². The lowest BCUT2D eigenvalue weighted by molar-refractivity contribution is 0.431. The molecule has 0 atom stereocenters. The van der Waals surface area contributed by atoms with Crippen LogP contribution in [0.15, 0.2) is 34.4 Å². The van der Waals surface area contributed by atoms with Gasteiger partial charge >= 0.3 is 0 Å². The third-order valence-corrected chi connectivity index (χ3v) is 4.79. The molecule has 0 amide bonds. The first-order chi connectivity index (χ1) is 11.2. The summed E-state index contributed by atoms with van der Waals surface area (Å²) in [6.45, 7) is 3.57. The van der Waals surface area contributed by atoms with Gasteiger partial charge in [-0.05, 0) is 18.9 Å². The molecule has 3 aromatic rings. The summed E-state index contributed by atoms with van der Waals surface area (Å²) < 4.78 is 14.4. The van der Waals surface area contributed by atoms with Gasteiger partial charge in [-0.2, -0.15) is 0 Å². The Morgan fingerprint density at radius 2 is 2.00 bits per heavy atom. The quantitative estimate of drug-likeness (QED) is 0.697. The highest BCUT2D eigenvalue weighted by Crippen LogP contribution is 2.31. The van der Waals surface area contributed by atoms with Crippen LogP contribution in [0.1, 0.15) is 24.7 Å². The summed E-state index contributed by atoms with van der Waals surface area (Å²) in [5.74, 6) is 0.681. The van der Waals surface area contributed by atoms with Crippen LogP contribution in [-0.4, -0.2) is 16.2 Å². The maximum Gasteiger partial charge on any atom is 0.262 e. The van der Waals surface area contributed by atoms with Gasteiger partial charge in [0.05, 0.1) is 11.9 Å². The SMILES string of the molecule is CCCc1nc2scc(-c3ccc(C)cc3)c2c(=O)n1CCF. The van der Waals surface area contributed by atoms with Crippen molar-refractivity contribution >= 4 is 21.6 Å². The molecule has 0 saturated heterocycles. The molecule has 3 nitrogen and oxygen atoms in total. The molecule has 0 spiro atoms. The Balaban J connectivity index is 2.24. The molecule has 5 heteroatoms. The second-order valence-electron chi connectivity index (χ2n) is 5.62. The fourth-order valence-electron chi connectivity index (χ4n) is 2.74. The predicted molar refractivity (Wildman–Crippen MR) is 94.0 cm³/mol. The number of fused-ring (bicyclic) bond motifs is 1. The van der Waals surface area contributed by atoms with E-state index in [-0.39, 0.29) is 12.1 Å². The largest absolute Gasteiger partial charge is 0.293 e. The van der Waals surface area contributed by atoms with Crippen molar-refractivity contribution in [3.8, 4) is 11.1 Å². The van der Waals surface area contributed by atoms with Crippen LogP contribution >= 0.6 is 11.3 Å². The van der Waals surface area contributed by atoms with Gasteiger partial charge in [-0.25, -0.2) is 9.37 Å². The second kappa shape index (κ2) is 6.62. The molecule has 1 aromatic carbocycles. The van der Waals surface area contributed by atoms with Gasteiger partial charge in [0.1, 0.15) is 17.3 Å². The van der Waals surface area contributed by atoms with Gasteiger partial charge in [0.25, 0.3) is 5.56 Å². The van der Waals surface area contributed by atoms with Crippen molar-refractivity contribution in [1.82, 2.24) is 9.55 Å². The number of halogens is 1. The monoisotopic (exact) mass is 330 g/mol. The fourth-order valence-corrected chi connectivity index (χ4v) is 3.70. The summed E-state index contributed by atoms with van der Waals surface area (Å²) in [6.07, 6.45) is 1.56. The molecule has 2 heterocycles. The lowest BCUT2D eigenvalue weighted by atomic mass is 10.0. The van der Waals surface area contributed by atoms with Crippen molar-refractivity contribution in [3.63, 3.8) is 0 Å². The van der Waals surface area contributed by atoms with Gasteiger partial charge in [-0.3, -0.25) is 9.36 Å². The van der Waals surface area contributed by atoms with Gasteiger partial charge in [0.15, 0.2) is 0 Å². The summed E-state index contributed by atoms with van der Waals surface area (Å²) >= 11 is 1.48. The van der Waals surface area contributed by atoms with E-state index in [1.54, 1.807) is 0 Å². The maximum absolute atomic E-state index is 12.9. The zero-order valence-electron chi connectivity index (χ0n) is 13.3. The molecular weight excluding hydrogens is 311 g/mol. The van der Waals surface area contributed by atoms with Gasteiger partial charge in [-0.1, -0.05) is 36.8 Å². The first-order valence-corrected chi connectivity index (χ1v) is 8.67. The number of nitrogens with zero attached hydrogens (tertiary/aromatic N) is 2. The Morgan fingerprint density at radius 3 is 2.65 bits per heavy atom. The number of benzene rings is 1. The highest BCUT2D eigenvalue weighted by Gasteiger charge is 2.16. The van der Waals surface area contributed by atoms with Crippen LogP contribution in [0.3, 0.4) is 0 Å². The third kappa shape index (κ3) is 2.93. The van der Waals surface area contributed by atoms with E-state index in [1.807, 2.05) is 43.5 Å². The predicted octanol–water partition coefficient (Wildman–Crippen LogP) is 4.36. The zero-order chi connectivity index (χ0) is 16.4. The van der Waals surface area contributed by atoms with E-state index in [9.17, 15) is 9.18 Å². The van der Waals surface area contributed by atoms with Crippen LogP contribution in [-0.2, 0) is 13.0 Å². The average molecular weight is 330 g/mol. The third-order valence-electron chi connectivity index (χ3n) is 3.92. The molecule has 0 fully saturated rings. The Hall–Kier alpha value is -2.01. The van der Waals surface area contributed by atoms with Gasteiger partial charge in [0.2, 0.25) is 0 Å². The van der Waals surface area contributed by atoms with E-state index in [0.29, 0.717) is 17.6 Å². The molecule has 0 saturated carbocycles. The van der Waals surface area contributed by atoms with E-state index < -0.39 is 6.67 Å². The molecule has 120 valence electrons. The standard InChI is InChI=1S/C18H19FN2OS/c1-3-4-15-20-17-16(18(22)21(15)10-9-19)14(11-23-17)13-7-5-12(2)6-8-13/h5-8,11H,3-4,9-10H2,1-2H3. The van der Waals surface area contributed by atoms with Crippen LogP contribution in [0.25, 0.3) is 21.3 Å². The molecule has 0 bridgehead atoms. The van der Waals surface area contributed by atoms with Crippen LogP contribution in [0.5, 0.6) is 0 Å². The van der Waals surface area contributed by atoms with E-state index in [2.05, 4.69) is 4.98 Å². The second-order valence-corrected chi connectivity index (χ2v) is 6.48. The number of rotatable bonds is 5. The Morgan fingerprint density at radius 1 is 1.26 bits per heavy atom. The summed E-state index contributed by atoms with van der Waals surface area (Å²) in [7, 11) is 0. The van der Waals surface area contributed by atoms with Crippen LogP contribution < -0.4 is 5.56 Å². The fraction of sp³-hybridized carbons (Fsp3) is 0.333. The van der Waals surface area contributed by atoms with Gasteiger partial charge in [-0.15, -0.1) is 11.3 Å². The van der Waals surface area contributed by atoms with Gasteiger partial charge < -0.3 is 0 Å². The first kappa shape index (κ1) is 15.9. The number of alkyl halides is 1. The van der Waals surface area contributed by atoms with Gasteiger partial charge in [0, 0.05) is 17.4 Å². The molecule has 23 heavy (non-hydrogen) atoms. The molecule has 3 rings (SSSR count). The summed E-state index contributed by atoms with van der Waals surface area (Å²) in [5.41, 5.74) is 2.92. The average Bonchev–Trinajstić information content (AvgIpc) is 2.96. The maximum atomic E-state index is 12.9. The molecule has 0 aliphatic heterocycles. The van der Waals surface area contributed by atoms with Crippen molar-refractivity contribution < 1.29 is 4.39 Å². The minimum atomic E-state index is -0.562. The van der Waals surface area contributed by atoms with Crippen LogP contribution in [0, 0.1) is 6.92 Å². The minimum absolute atomic E-state index is 0.0697. The molecule has 0 radical (unpaired) electrons. The summed E-state index contributed by atoms with van der Waals surface area (Å²) in [5, 5.41) is 2.58. The Kier molecular flexibility index (Phi) is 4.57. The van der Waals surface area contributed by atoms with E-state index >= 15 is 0 Å². The molecule has 2 aromatic heterocycles. The molecular formula is C18H19FN2OS. The number of aromatic nitrogens is 2. The highest BCUT2D eigenvalue weighted by molar-refractivity contribution is 7.17. The smallest absolute Gasteiger partial charge is 0.262 e. The topological polar surface area (TPSA) is 34.9 Å². The Labute approximate surface area is 138 Å². The normalized spacial score (nSPS) is 11.3. The number of thiophene rings is 1. The van der Waals surface area contributed by atoms with Crippen molar-refractivity contribution in [2.24, 2.45) is 0 Å². The first-order valence-electron chi connectivity index (χ1n) is 7.79. The van der Waals surface area contributed by atoms with Crippen molar-refractivity contribution in [3.05, 3.63) is 51.4 Å². The van der Waals surface area contributed by atoms with E-state index in [4.69, 9.17) is 0 Å². The number of hydrogen-bond acceptors (Lipinski definition) is 3. The van der Waals surface area contributed by atoms with Crippen LogP contribution in [0.2, 0.25) is 0 Å². The van der Waals surface area contributed by atoms with E-state index in [1.165, 1.54) is 21.5 Å². The molecule has 0 unspecified atom stereocenters. The Bertz CT molecular complexity index is 880. The molecule has 0 aliphatic carbocycles. The zero-order valence-corrected chi connectivity index (χ0v) is 14.1. The summed E-state index contributed by atoms with van der Waals surface area (Å²) in [6, 6.07) is 8.07.